The molecule has 0 saturated carbocycles. The van der Waals surface area contributed by atoms with E-state index in [4.69, 9.17) is 9.84 Å². The lowest BCUT2D eigenvalue weighted by Gasteiger charge is -2.06. The molecular weight excluding hydrogens is 284 g/mol. The van der Waals surface area contributed by atoms with Gasteiger partial charge in [0.15, 0.2) is 0 Å². The summed E-state index contributed by atoms with van der Waals surface area (Å²) in [5.74, 6) is 0.591. The number of thiophene rings is 1. The van der Waals surface area contributed by atoms with Crippen molar-refractivity contribution < 1.29 is 14.6 Å². The molecule has 3 nitrogen and oxygen atoms in total. The number of aromatic carboxylic acids is 1. The molecule has 0 spiro atoms. The molecule has 1 heterocycles. The quantitative estimate of drug-likeness (QED) is 0.744. The first-order valence-electron chi connectivity index (χ1n) is 6.38. The normalized spacial score (nSPS) is 10.3. The van der Waals surface area contributed by atoms with Gasteiger partial charge in [-0.2, -0.15) is 0 Å². The Bertz CT molecular complexity index is 745. The van der Waals surface area contributed by atoms with E-state index in [1.54, 1.807) is 5.38 Å². The van der Waals surface area contributed by atoms with Gasteiger partial charge in [0.05, 0.1) is 0 Å². The van der Waals surface area contributed by atoms with Crippen LogP contribution in [0, 0.1) is 0 Å². The van der Waals surface area contributed by atoms with E-state index in [2.05, 4.69) is 0 Å². The summed E-state index contributed by atoms with van der Waals surface area (Å²) in [5.41, 5.74) is 1.60. The van der Waals surface area contributed by atoms with Crippen LogP contribution in [0.1, 0.15) is 9.67 Å². The summed E-state index contributed by atoms with van der Waals surface area (Å²) >= 11 is 1.23. The van der Waals surface area contributed by atoms with Crippen LogP contribution in [-0.2, 0) is 0 Å². The molecule has 0 aliphatic carbocycles. The minimum atomic E-state index is -0.899. The molecule has 2 aromatic carbocycles. The maximum absolute atomic E-state index is 11.2. The summed E-state index contributed by atoms with van der Waals surface area (Å²) in [5, 5.41) is 10.9. The fourth-order valence-corrected chi connectivity index (χ4v) is 2.78. The maximum Gasteiger partial charge on any atom is 0.346 e. The van der Waals surface area contributed by atoms with E-state index in [1.807, 2.05) is 60.7 Å². The van der Waals surface area contributed by atoms with Gasteiger partial charge in [-0.1, -0.05) is 30.3 Å². The highest BCUT2D eigenvalue weighted by molar-refractivity contribution is 7.12. The largest absolute Gasteiger partial charge is 0.477 e. The SMILES string of the molecule is O=C(O)c1sccc1-c1ccc(Oc2ccccc2)cc1. The first-order valence-corrected chi connectivity index (χ1v) is 7.26. The molecule has 0 bridgehead atoms. The fourth-order valence-electron chi connectivity index (χ4n) is 2.03. The number of hydrogen-bond donors (Lipinski definition) is 1. The second-order valence-electron chi connectivity index (χ2n) is 4.41. The van der Waals surface area contributed by atoms with E-state index in [-0.39, 0.29) is 0 Å². The Labute approximate surface area is 126 Å². The molecule has 0 fully saturated rings. The Morgan fingerprint density at radius 1 is 0.905 bits per heavy atom. The second-order valence-corrected chi connectivity index (χ2v) is 5.32. The van der Waals surface area contributed by atoms with Gasteiger partial charge in [-0.25, -0.2) is 4.79 Å². The molecule has 1 N–H and O–H groups in total. The lowest BCUT2D eigenvalue weighted by atomic mass is 10.1. The molecule has 0 saturated heterocycles. The zero-order chi connectivity index (χ0) is 14.7. The summed E-state index contributed by atoms with van der Waals surface area (Å²) in [6.07, 6.45) is 0. The van der Waals surface area contributed by atoms with Crippen molar-refractivity contribution in [3.63, 3.8) is 0 Å². The zero-order valence-electron chi connectivity index (χ0n) is 11.0. The minimum absolute atomic E-state index is 0.353. The molecule has 1 aromatic heterocycles. The molecule has 3 rings (SSSR count). The summed E-state index contributed by atoms with van der Waals surface area (Å²) in [6, 6.07) is 18.8. The van der Waals surface area contributed by atoms with Crippen molar-refractivity contribution in [1.82, 2.24) is 0 Å². The van der Waals surface area contributed by atoms with Crippen molar-refractivity contribution in [2.24, 2.45) is 0 Å². The van der Waals surface area contributed by atoms with E-state index in [0.29, 0.717) is 4.88 Å². The van der Waals surface area contributed by atoms with Crippen LogP contribution in [0.2, 0.25) is 0 Å². The molecular formula is C17H12O3S. The third kappa shape index (κ3) is 2.95. The Hall–Kier alpha value is -2.59. The van der Waals surface area contributed by atoms with Crippen LogP contribution in [-0.4, -0.2) is 11.1 Å². The Morgan fingerprint density at radius 2 is 1.57 bits per heavy atom. The topological polar surface area (TPSA) is 46.5 Å². The summed E-state index contributed by atoms with van der Waals surface area (Å²) in [6.45, 7) is 0. The van der Waals surface area contributed by atoms with Crippen LogP contribution in [0.3, 0.4) is 0 Å². The summed E-state index contributed by atoms with van der Waals surface area (Å²) in [7, 11) is 0. The predicted octanol–water partition coefficient (Wildman–Crippen LogP) is 4.91. The molecule has 0 aliphatic heterocycles. The summed E-state index contributed by atoms with van der Waals surface area (Å²) < 4.78 is 5.71. The van der Waals surface area contributed by atoms with E-state index in [0.717, 1.165) is 22.6 Å². The first kappa shape index (κ1) is 13.4. The maximum atomic E-state index is 11.2. The number of carboxylic acids is 1. The highest BCUT2D eigenvalue weighted by Crippen LogP contribution is 2.30. The molecule has 0 atom stereocenters. The summed E-state index contributed by atoms with van der Waals surface area (Å²) in [4.78, 5) is 11.5. The molecule has 3 aromatic rings. The minimum Gasteiger partial charge on any atom is -0.477 e. The predicted molar refractivity (Wildman–Crippen MR) is 83.2 cm³/mol. The van der Waals surface area contributed by atoms with Gasteiger partial charge in [0.25, 0.3) is 0 Å². The van der Waals surface area contributed by atoms with Gasteiger partial charge in [-0.05, 0) is 41.3 Å². The molecule has 4 heteroatoms. The van der Waals surface area contributed by atoms with Crippen LogP contribution in [0.5, 0.6) is 11.5 Å². The number of benzene rings is 2. The van der Waals surface area contributed by atoms with Crippen LogP contribution >= 0.6 is 11.3 Å². The van der Waals surface area contributed by atoms with Crippen molar-refractivity contribution in [3.8, 4) is 22.6 Å². The fraction of sp³-hybridized carbons (Fsp3) is 0. The monoisotopic (exact) mass is 296 g/mol. The molecule has 0 radical (unpaired) electrons. The van der Waals surface area contributed by atoms with Gasteiger partial charge >= 0.3 is 5.97 Å². The van der Waals surface area contributed by atoms with Crippen LogP contribution in [0.4, 0.5) is 0 Å². The first-order chi connectivity index (χ1) is 10.2. The van der Waals surface area contributed by atoms with Crippen molar-refractivity contribution in [1.29, 1.82) is 0 Å². The Balaban J connectivity index is 1.84. The number of para-hydroxylation sites is 1. The number of rotatable bonds is 4. The number of hydrogen-bond acceptors (Lipinski definition) is 3. The second kappa shape index (κ2) is 5.81. The Kier molecular flexibility index (Phi) is 3.71. The van der Waals surface area contributed by atoms with Crippen molar-refractivity contribution in [2.45, 2.75) is 0 Å². The molecule has 104 valence electrons. The van der Waals surface area contributed by atoms with E-state index >= 15 is 0 Å². The highest BCUT2D eigenvalue weighted by Gasteiger charge is 2.13. The van der Waals surface area contributed by atoms with E-state index in [9.17, 15) is 4.79 Å². The van der Waals surface area contributed by atoms with Crippen molar-refractivity contribution >= 4 is 17.3 Å². The smallest absolute Gasteiger partial charge is 0.346 e. The third-order valence-electron chi connectivity index (χ3n) is 3.00. The van der Waals surface area contributed by atoms with Gasteiger partial charge in [0.1, 0.15) is 16.4 Å². The molecule has 21 heavy (non-hydrogen) atoms. The van der Waals surface area contributed by atoms with E-state index in [1.165, 1.54) is 11.3 Å². The number of carbonyl (C=O) groups is 1. The van der Waals surface area contributed by atoms with Crippen molar-refractivity contribution in [2.75, 3.05) is 0 Å². The highest BCUT2D eigenvalue weighted by atomic mass is 32.1. The van der Waals surface area contributed by atoms with Crippen LogP contribution in [0.25, 0.3) is 11.1 Å². The van der Waals surface area contributed by atoms with Gasteiger partial charge in [0, 0.05) is 5.56 Å². The molecule has 0 unspecified atom stereocenters. The van der Waals surface area contributed by atoms with Gasteiger partial charge in [-0.15, -0.1) is 11.3 Å². The van der Waals surface area contributed by atoms with Crippen LogP contribution < -0.4 is 4.74 Å². The number of ether oxygens (including phenoxy) is 1. The molecule has 0 amide bonds. The van der Waals surface area contributed by atoms with E-state index < -0.39 is 5.97 Å². The average molecular weight is 296 g/mol. The zero-order valence-corrected chi connectivity index (χ0v) is 11.8. The lowest BCUT2D eigenvalue weighted by molar-refractivity contribution is 0.0703. The Morgan fingerprint density at radius 3 is 2.24 bits per heavy atom. The van der Waals surface area contributed by atoms with Gasteiger partial charge in [-0.3, -0.25) is 0 Å². The van der Waals surface area contributed by atoms with Gasteiger partial charge < -0.3 is 9.84 Å². The van der Waals surface area contributed by atoms with Crippen molar-refractivity contribution in [3.05, 3.63) is 70.9 Å². The van der Waals surface area contributed by atoms with Crippen LogP contribution in [0.15, 0.2) is 66.0 Å². The lowest BCUT2D eigenvalue weighted by Crippen LogP contribution is -1.94. The average Bonchev–Trinajstić information content (AvgIpc) is 2.99. The molecule has 0 aliphatic rings. The standard InChI is InChI=1S/C17H12O3S/c18-17(19)16-15(10-11-21-16)12-6-8-14(9-7-12)20-13-4-2-1-3-5-13/h1-11H,(H,18,19). The number of carboxylic acid groups (broad SMARTS) is 1. The third-order valence-corrected chi connectivity index (χ3v) is 3.91. The van der Waals surface area contributed by atoms with Gasteiger partial charge in [0.2, 0.25) is 0 Å².